The lowest BCUT2D eigenvalue weighted by Gasteiger charge is -2.11. The summed E-state index contributed by atoms with van der Waals surface area (Å²) in [6.07, 6.45) is 1.85. The third-order valence-corrected chi connectivity index (χ3v) is 2.57. The second kappa shape index (κ2) is 8.37. The highest BCUT2D eigenvalue weighted by atomic mass is 16.6. The van der Waals surface area contributed by atoms with E-state index in [-0.39, 0.29) is 12.6 Å². The first-order valence-electron chi connectivity index (χ1n) is 6.36. The highest BCUT2D eigenvalue weighted by Crippen LogP contribution is 2.27. The van der Waals surface area contributed by atoms with Crippen LogP contribution < -0.4 is 15.2 Å². The van der Waals surface area contributed by atoms with Crippen molar-refractivity contribution in [3.8, 4) is 11.5 Å². The molecule has 2 N–H and O–H groups in total. The molecule has 0 spiro atoms. The van der Waals surface area contributed by atoms with Crippen LogP contribution in [0.2, 0.25) is 0 Å². The summed E-state index contributed by atoms with van der Waals surface area (Å²) in [5, 5.41) is 0. The zero-order chi connectivity index (χ0) is 14.1. The Labute approximate surface area is 113 Å². The van der Waals surface area contributed by atoms with E-state index in [1.54, 1.807) is 19.2 Å². The molecule has 106 valence electrons. The molecular weight excluding hydrogens is 246 g/mol. The quantitative estimate of drug-likeness (QED) is 0.575. The van der Waals surface area contributed by atoms with Crippen molar-refractivity contribution < 1.29 is 19.0 Å². The molecule has 0 aliphatic carbocycles. The Kier molecular flexibility index (Phi) is 6.74. The largest absolute Gasteiger partial charge is 0.493 e. The Balaban J connectivity index is 2.50. The molecule has 1 aromatic carbocycles. The molecule has 5 nitrogen and oxygen atoms in total. The van der Waals surface area contributed by atoms with E-state index < -0.39 is 0 Å². The van der Waals surface area contributed by atoms with Gasteiger partial charge in [-0.3, -0.25) is 0 Å². The summed E-state index contributed by atoms with van der Waals surface area (Å²) in [6.45, 7) is 2.77. The van der Waals surface area contributed by atoms with Gasteiger partial charge in [0.2, 0.25) is 0 Å². The Morgan fingerprint density at radius 1 is 1.32 bits per heavy atom. The standard InChI is InChI=1S/C14H21NO4/c1-3-4-7-18-14(16)10-19-12-6-5-11(9-15)8-13(12)17-2/h5-6,8H,3-4,7,9-10,15H2,1-2H3. The van der Waals surface area contributed by atoms with Crippen LogP contribution in [-0.4, -0.2) is 26.3 Å². The molecule has 5 heteroatoms. The van der Waals surface area contributed by atoms with Crippen LogP contribution in [0.1, 0.15) is 25.3 Å². The first-order chi connectivity index (χ1) is 9.21. The molecule has 0 heterocycles. The van der Waals surface area contributed by atoms with E-state index in [9.17, 15) is 4.79 Å². The van der Waals surface area contributed by atoms with Gasteiger partial charge in [0, 0.05) is 6.54 Å². The monoisotopic (exact) mass is 267 g/mol. The Morgan fingerprint density at radius 3 is 2.74 bits per heavy atom. The van der Waals surface area contributed by atoms with Gasteiger partial charge in [-0.2, -0.15) is 0 Å². The average molecular weight is 267 g/mol. The average Bonchev–Trinajstić information content (AvgIpc) is 2.45. The Bertz CT molecular complexity index is 406. The molecule has 0 bridgehead atoms. The van der Waals surface area contributed by atoms with Crippen molar-refractivity contribution in [2.45, 2.75) is 26.3 Å². The fourth-order valence-corrected chi connectivity index (χ4v) is 1.47. The number of carbonyl (C=O) groups excluding carboxylic acids is 1. The van der Waals surface area contributed by atoms with Crippen LogP contribution in [0.5, 0.6) is 11.5 Å². The van der Waals surface area contributed by atoms with Gasteiger partial charge in [0.05, 0.1) is 13.7 Å². The number of methoxy groups -OCH3 is 1. The van der Waals surface area contributed by atoms with Gasteiger partial charge in [-0.1, -0.05) is 19.4 Å². The number of esters is 1. The number of benzene rings is 1. The first kappa shape index (κ1) is 15.3. The minimum Gasteiger partial charge on any atom is -0.493 e. The van der Waals surface area contributed by atoms with Gasteiger partial charge in [0.25, 0.3) is 0 Å². The molecule has 0 radical (unpaired) electrons. The van der Waals surface area contributed by atoms with Crippen LogP contribution in [0.4, 0.5) is 0 Å². The zero-order valence-corrected chi connectivity index (χ0v) is 11.5. The van der Waals surface area contributed by atoms with Crippen LogP contribution in [0.15, 0.2) is 18.2 Å². The molecule has 1 rings (SSSR count). The molecule has 0 saturated carbocycles. The van der Waals surface area contributed by atoms with Gasteiger partial charge < -0.3 is 19.9 Å². The van der Waals surface area contributed by atoms with Crippen LogP contribution in [0, 0.1) is 0 Å². The normalized spacial score (nSPS) is 10.1. The molecule has 0 aliphatic rings. The van der Waals surface area contributed by atoms with Crippen LogP contribution in [-0.2, 0) is 16.1 Å². The van der Waals surface area contributed by atoms with Gasteiger partial charge in [-0.15, -0.1) is 0 Å². The van der Waals surface area contributed by atoms with Crippen LogP contribution >= 0.6 is 0 Å². The summed E-state index contributed by atoms with van der Waals surface area (Å²) < 4.78 is 15.6. The number of unbranched alkanes of at least 4 members (excludes halogenated alkanes) is 1. The lowest BCUT2D eigenvalue weighted by molar-refractivity contribution is -0.146. The molecule has 0 fully saturated rings. The summed E-state index contributed by atoms with van der Waals surface area (Å²) in [5.41, 5.74) is 6.48. The van der Waals surface area contributed by atoms with E-state index in [4.69, 9.17) is 19.9 Å². The van der Waals surface area contributed by atoms with E-state index in [0.717, 1.165) is 18.4 Å². The first-order valence-corrected chi connectivity index (χ1v) is 6.36. The fraction of sp³-hybridized carbons (Fsp3) is 0.500. The maximum absolute atomic E-state index is 11.4. The highest BCUT2D eigenvalue weighted by molar-refractivity contribution is 5.71. The van der Waals surface area contributed by atoms with Gasteiger partial charge in [-0.25, -0.2) is 4.79 Å². The molecule has 19 heavy (non-hydrogen) atoms. The van der Waals surface area contributed by atoms with Crippen molar-refractivity contribution in [2.75, 3.05) is 20.3 Å². The molecule has 0 aromatic heterocycles. The van der Waals surface area contributed by atoms with Gasteiger partial charge in [0.15, 0.2) is 18.1 Å². The van der Waals surface area contributed by atoms with E-state index in [0.29, 0.717) is 24.7 Å². The van der Waals surface area contributed by atoms with Crippen molar-refractivity contribution in [1.29, 1.82) is 0 Å². The van der Waals surface area contributed by atoms with Gasteiger partial charge in [-0.05, 0) is 24.1 Å². The van der Waals surface area contributed by atoms with Crippen molar-refractivity contribution in [3.05, 3.63) is 23.8 Å². The third-order valence-electron chi connectivity index (χ3n) is 2.57. The number of ether oxygens (including phenoxy) is 3. The van der Waals surface area contributed by atoms with E-state index >= 15 is 0 Å². The lowest BCUT2D eigenvalue weighted by atomic mass is 10.2. The minimum absolute atomic E-state index is 0.123. The second-order valence-electron chi connectivity index (χ2n) is 4.05. The Hall–Kier alpha value is -1.75. The minimum atomic E-state index is -0.376. The van der Waals surface area contributed by atoms with Crippen LogP contribution in [0.3, 0.4) is 0 Å². The summed E-state index contributed by atoms with van der Waals surface area (Å²) in [6, 6.07) is 5.36. The summed E-state index contributed by atoms with van der Waals surface area (Å²) in [5.74, 6) is 0.690. The number of nitrogens with two attached hydrogens (primary N) is 1. The molecule has 0 aliphatic heterocycles. The molecule has 1 aromatic rings. The van der Waals surface area contributed by atoms with Crippen molar-refractivity contribution >= 4 is 5.97 Å². The topological polar surface area (TPSA) is 70.8 Å². The summed E-state index contributed by atoms with van der Waals surface area (Å²) in [7, 11) is 1.54. The Morgan fingerprint density at radius 2 is 2.11 bits per heavy atom. The smallest absolute Gasteiger partial charge is 0.344 e. The van der Waals surface area contributed by atoms with Gasteiger partial charge in [0.1, 0.15) is 0 Å². The van der Waals surface area contributed by atoms with E-state index in [1.807, 2.05) is 13.0 Å². The van der Waals surface area contributed by atoms with Crippen LogP contribution in [0.25, 0.3) is 0 Å². The summed E-state index contributed by atoms with van der Waals surface area (Å²) >= 11 is 0. The zero-order valence-electron chi connectivity index (χ0n) is 11.5. The van der Waals surface area contributed by atoms with Crippen molar-refractivity contribution in [3.63, 3.8) is 0 Å². The van der Waals surface area contributed by atoms with E-state index in [2.05, 4.69) is 0 Å². The molecule has 0 atom stereocenters. The predicted molar refractivity (Wildman–Crippen MR) is 72.2 cm³/mol. The highest BCUT2D eigenvalue weighted by Gasteiger charge is 2.09. The lowest BCUT2D eigenvalue weighted by Crippen LogP contribution is -2.15. The molecular formula is C14H21NO4. The predicted octanol–water partition coefficient (Wildman–Crippen LogP) is 1.88. The second-order valence-corrected chi connectivity index (χ2v) is 4.05. The molecule has 0 saturated heterocycles. The maximum atomic E-state index is 11.4. The molecule has 0 unspecified atom stereocenters. The third kappa shape index (κ3) is 5.18. The SMILES string of the molecule is CCCCOC(=O)COc1ccc(CN)cc1OC. The maximum Gasteiger partial charge on any atom is 0.344 e. The van der Waals surface area contributed by atoms with Crippen molar-refractivity contribution in [2.24, 2.45) is 5.73 Å². The van der Waals surface area contributed by atoms with E-state index in [1.165, 1.54) is 0 Å². The fourth-order valence-electron chi connectivity index (χ4n) is 1.47. The molecule has 0 amide bonds. The summed E-state index contributed by atoms with van der Waals surface area (Å²) in [4.78, 5) is 11.4. The number of rotatable bonds is 8. The number of carbonyl (C=O) groups is 1. The van der Waals surface area contributed by atoms with Gasteiger partial charge >= 0.3 is 5.97 Å². The number of hydrogen-bond donors (Lipinski definition) is 1. The van der Waals surface area contributed by atoms with Crippen molar-refractivity contribution in [1.82, 2.24) is 0 Å². The number of hydrogen-bond acceptors (Lipinski definition) is 5.